The third-order valence-electron chi connectivity index (χ3n) is 7.60. The first kappa shape index (κ1) is 27.3. The van der Waals surface area contributed by atoms with E-state index in [4.69, 9.17) is 4.74 Å². The summed E-state index contributed by atoms with van der Waals surface area (Å²) in [6.07, 6.45) is 4.46. The van der Waals surface area contributed by atoms with E-state index < -0.39 is 15.7 Å². The van der Waals surface area contributed by atoms with Gasteiger partial charge in [0.2, 0.25) is 0 Å². The second-order valence-electron chi connectivity index (χ2n) is 10.3. The first-order valence-electron chi connectivity index (χ1n) is 13.2. The lowest BCUT2D eigenvalue weighted by Crippen LogP contribution is -2.49. The molecule has 1 heterocycles. The maximum Gasteiger partial charge on any atom is 0.254 e. The van der Waals surface area contributed by atoms with Gasteiger partial charge in [-0.15, -0.1) is 0 Å². The summed E-state index contributed by atoms with van der Waals surface area (Å²) >= 11 is 0. The highest BCUT2D eigenvalue weighted by Crippen LogP contribution is 2.32. The van der Waals surface area contributed by atoms with E-state index in [2.05, 4.69) is 0 Å². The van der Waals surface area contributed by atoms with Crippen LogP contribution in [0.15, 0.2) is 65.6 Å². The third kappa shape index (κ3) is 5.99. The van der Waals surface area contributed by atoms with E-state index in [1.807, 2.05) is 17.9 Å². The molecule has 6 nitrogen and oxygen atoms in total. The van der Waals surface area contributed by atoms with Gasteiger partial charge in [0, 0.05) is 38.0 Å². The molecule has 1 saturated heterocycles. The van der Waals surface area contributed by atoms with Gasteiger partial charge in [0.25, 0.3) is 5.91 Å². The molecule has 3 aromatic rings. The second kappa shape index (κ2) is 11.1. The molecule has 0 aromatic heterocycles. The molecule has 0 spiro atoms. The second-order valence-corrected chi connectivity index (χ2v) is 12.3. The highest BCUT2D eigenvalue weighted by Gasteiger charge is 2.27. The van der Waals surface area contributed by atoms with Crippen LogP contribution in [0.25, 0.3) is 11.1 Å². The Morgan fingerprint density at radius 1 is 0.949 bits per heavy atom. The number of ether oxygens (including phenoxy) is 1. The summed E-state index contributed by atoms with van der Waals surface area (Å²) in [5, 5.41) is 0. The van der Waals surface area contributed by atoms with Crippen molar-refractivity contribution in [2.24, 2.45) is 0 Å². The van der Waals surface area contributed by atoms with Gasteiger partial charge in [-0.25, -0.2) is 17.2 Å². The van der Waals surface area contributed by atoms with E-state index in [1.165, 1.54) is 36.8 Å². The first-order chi connectivity index (χ1) is 18.6. The van der Waals surface area contributed by atoms with Crippen LogP contribution in [0.5, 0.6) is 0 Å². The van der Waals surface area contributed by atoms with E-state index in [9.17, 15) is 17.6 Å². The number of carbonyl (C=O) groups excluding carboxylic acids is 1. The lowest BCUT2D eigenvalue weighted by atomic mass is 9.95. The zero-order valence-electron chi connectivity index (χ0n) is 22.1. The predicted octanol–water partition coefficient (Wildman–Crippen LogP) is 5.63. The zero-order chi connectivity index (χ0) is 27.7. The molecule has 0 radical (unpaired) electrons. The molecule has 1 aliphatic carbocycles. The van der Waals surface area contributed by atoms with Gasteiger partial charge in [-0.2, -0.15) is 0 Å². The van der Waals surface area contributed by atoms with E-state index >= 15 is 4.39 Å². The summed E-state index contributed by atoms with van der Waals surface area (Å²) in [7, 11) is -3.55. The smallest absolute Gasteiger partial charge is 0.254 e. The van der Waals surface area contributed by atoms with Crippen molar-refractivity contribution < 1.29 is 26.7 Å². The average molecular weight is 555 g/mol. The topological polar surface area (TPSA) is 66.9 Å². The molecule has 2 aliphatic rings. The Balaban J connectivity index is 1.32. The SMILES string of the molecule is CC(OC1CCC1)c1ccc(N2CCN(C(=O)c3cc(S(C)(=O)=O)ccc3-c3ccc(F)cc3)CC2)c(F)c1. The minimum Gasteiger partial charge on any atom is -0.371 e. The molecule has 1 unspecified atom stereocenters. The van der Waals surface area contributed by atoms with Crippen LogP contribution in [0, 0.1) is 11.6 Å². The van der Waals surface area contributed by atoms with Crippen molar-refractivity contribution >= 4 is 21.4 Å². The van der Waals surface area contributed by atoms with Crippen LogP contribution in [0.1, 0.15) is 48.2 Å². The minimum absolute atomic E-state index is 0.0352. The maximum absolute atomic E-state index is 15.1. The number of amides is 1. The van der Waals surface area contributed by atoms with Crippen LogP contribution in [-0.2, 0) is 14.6 Å². The highest BCUT2D eigenvalue weighted by molar-refractivity contribution is 7.90. The molecule has 206 valence electrons. The van der Waals surface area contributed by atoms with Gasteiger partial charge in [-0.05, 0) is 79.3 Å². The van der Waals surface area contributed by atoms with Crippen molar-refractivity contribution in [1.82, 2.24) is 4.90 Å². The standard InChI is InChI=1S/C30H32F2N2O4S/c1-20(38-24-4-3-5-24)22-8-13-29(28(32)18-22)33-14-16-34(17-15-33)30(35)27-19-25(39(2,36)37)11-12-26(27)21-6-9-23(31)10-7-21/h6-13,18-20,24H,3-5,14-17H2,1-2H3. The summed E-state index contributed by atoms with van der Waals surface area (Å²) in [5.74, 6) is -1.05. The fraction of sp³-hybridized carbons (Fsp3) is 0.367. The van der Waals surface area contributed by atoms with Gasteiger partial charge < -0.3 is 14.5 Å². The Morgan fingerprint density at radius 3 is 2.23 bits per heavy atom. The van der Waals surface area contributed by atoms with Crippen molar-refractivity contribution in [2.75, 3.05) is 37.3 Å². The number of carbonyl (C=O) groups is 1. The highest BCUT2D eigenvalue weighted by atomic mass is 32.2. The van der Waals surface area contributed by atoms with Gasteiger partial charge >= 0.3 is 0 Å². The molecular formula is C30H32F2N2O4S. The minimum atomic E-state index is -3.55. The summed E-state index contributed by atoms with van der Waals surface area (Å²) < 4.78 is 59.1. The van der Waals surface area contributed by atoms with E-state index in [1.54, 1.807) is 29.2 Å². The number of benzene rings is 3. The van der Waals surface area contributed by atoms with Crippen LogP contribution < -0.4 is 4.90 Å². The Kier molecular flexibility index (Phi) is 7.73. The van der Waals surface area contributed by atoms with Crippen LogP contribution >= 0.6 is 0 Å². The third-order valence-corrected chi connectivity index (χ3v) is 8.71. The monoisotopic (exact) mass is 554 g/mol. The molecule has 2 fully saturated rings. The molecule has 3 aromatic carbocycles. The summed E-state index contributed by atoms with van der Waals surface area (Å²) in [6.45, 7) is 3.47. The molecule has 9 heteroatoms. The van der Waals surface area contributed by atoms with Crippen LogP contribution in [0.3, 0.4) is 0 Å². The summed E-state index contributed by atoms with van der Waals surface area (Å²) in [4.78, 5) is 17.2. The van der Waals surface area contributed by atoms with Crippen molar-refractivity contribution in [3.63, 3.8) is 0 Å². The molecule has 1 saturated carbocycles. The van der Waals surface area contributed by atoms with Crippen LogP contribution in [0.2, 0.25) is 0 Å². The van der Waals surface area contributed by atoms with Crippen molar-refractivity contribution in [3.8, 4) is 11.1 Å². The van der Waals surface area contributed by atoms with Gasteiger partial charge in [-0.3, -0.25) is 4.79 Å². The van der Waals surface area contributed by atoms with Crippen molar-refractivity contribution in [3.05, 3.63) is 83.4 Å². The Morgan fingerprint density at radius 2 is 1.64 bits per heavy atom. The quantitative estimate of drug-likeness (QED) is 0.379. The molecule has 5 rings (SSSR count). The fourth-order valence-electron chi connectivity index (χ4n) is 5.04. The molecule has 39 heavy (non-hydrogen) atoms. The van der Waals surface area contributed by atoms with Gasteiger partial charge in [-0.1, -0.05) is 24.3 Å². The molecule has 0 N–H and O–H groups in total. The number of anilines is 1. The van der Waals surface area contributed by atoms with Crippen LogP contribution in [0.4, 0.5) is 14.5 Å². The predicted molar refractivity (Wildman–Crippen MR) is 147 cm³/mol. The molecule has 1 aliphatic heterocycles. The molecule has 1 atom stereocenters. The normalized spacial score (nSPS) is 17.1. The average Bonchev–Trinajstić information content (AvgIpc) is 2.90. The number of rotatable bonds is 7. The van der Waals surface area contributed by atoms with E-state index in [0.29, 0.717) is 43.0 Å². The van der Waals surface area contributed by atoms with Gasteiger partial charge in [0.15, 0.2) is 9.84 Å². The largest absolute Gasteiger partial charge is 0.371 e. The van der Waals surface area contributed by atoms with E-state index in [-0.39, 0.29) is 34.4 Å². The summed E-state index contributed by atoms with van der Waals surface area (Å²) in [5.41, 5.74) is 2.64. The summed E-state index contributed by atoms with van der Waals surface area (Å²) in [6, 6.07) is 15.3. The molecule has 0 bridgehead atoms. The Hall–Kier alpha value is -3.30. The first-order valence-corrected chi connectivity index (χ1v) is 15.1. The van der Waals surface area contributed by atoms with Crippen LogP contribution in [-0.4, -0.2) is 57.8 Å². The van der Waals surface area contributed by atoms with Gasteiger partial charge in [0.05, 0.1) is 22.8 Å². The molecular weight excluding hydrogens is 522 g/mol. The van der Waals surface area contributed by atoms with Crippen molar-refractivity contribution in [1.29, 1.82) is 0 Å². The lowest BCUT2D eigenvalue weighted by Gasteiger charge is -2.36. The van der Waals surface area contributed by atoms with Gasteiger partial charge in [0.1, 0.15) is 11.6 Å². The van der Waals surface area contributed by atoms with E-state index in [0.717, 1.165) is 24.7 Å². The molecule has 1 amide bonds. The number of hydrogen-bond donors (Lipinski definition) is 0. The number of piperazine rings is 1. The zero-order valence-corrected chi connectivity index (χ0v) is 22.9. The van der Waals surface area contributed by atoms with Crippen molar-refractivity contribution in [2.45, 2.75) is 43.3 Å². The fourth-order valence-corrected chi connectivity index (χ4v) is 5.69. The lowest BCUT2D eigenvalue weighted by molar-refractivity contribution is -0.0446. The Labute approximate surface area is 228 Å². The maximum atomic E-state index is 15.1. The number of hydrogen-bond acceptors (Lipinski definition) is 5. The number of nitrogens with zero attached hydrogens (tertiary/aromatic N) is 2. The number of sulfone groups is 1. The Bertz CT molecular complexity index is 1460. The number of halogens is 2.